The molecule has 14 heavy (non-hydrogen) atoms. The molecular weight excluding hydrogens is 172 g/mol. The summed E-state index contributed by atoms with van der Waals surface area (Å²) in [6.07, 6.45) is 3.50. The Hall–Kier alpha value is -1.31. The largest absolute Gasteiger partial charge is 0.278 e. The van der Waals surface area contributed by atoms with Crippen molar-refractivity contribution < 1.29 is 4.99 Å². The van der Waals surface area contributed by atoms with Crippen LogP contribution in [-0.4, -0.2) is 12.4 Å². The molecule has 0 radical (unpaired) electrons. The summed E-state index contributed by atoms with van der Waals surface area (Å²) < 4.78 is 0. The van der Waals surface area contributed by atoms with Crippen molar-refractivity contribution in [3.8, 4) is 0 Å². The number of amidine groups is 1. The van der Waals surface area contributed by atoms with Gasteiger partial charge in [-0.1, -0.05) is 19.1 Å². The van der Waals surface area contributed by atoms with E-state index >= 15 is 0 Å². The third-order valence-corrected chi connectivity index (χ3v) is 2.60. The van der Waals surface area contributed by atoms with Gasteiger partial charge in [-0.15, -0.1) is 0 Å². The maximum Gasteiger partial charge on any atom is 0.247 e. The second kappa shape index (κ2) is 4.27. The quantitative estimate of drug-likeness (QED) is 0.711. The zero-order valence-corrected chi connectivity index (χ0v) is 8.64. The van der Waals surface area contributed by atoms with Crippen LogP contribution in [0.5, 0.6) is 0 Å². The van der Waals surface area contributed by atoms with Crippen molar-refractivity contribution in [1.82, 2.24) is 0 Å². The summed E-state index contributed by atoms with van der Waals surface area (Å²) in [6, 6.07) is 8.65. The molecule has 1 aromatic carbocycles. The third kappa shape index (κ3) is 2.13. The second-order valence-corrected chi connectivity index (χ2v) is 3.68. The molecule has 0 atom stereocenters. The maximum atomic E-state index is 3.40. The molecule has 1 aliphatic heterocycles. The summed E-state index contributed by atoms with van der Waals surface area (Å²) in [5.74, 6) is 1.26. The third-order valence-electron chi connectivity index (χ3n) is 2.60. The molecular formula is C12H17N2+. The van der Waals surface area contributed by atoms with Gasteiger partial charge in [-0.3, -0.25) is 4.99 Å². The highest BCUT2D eigenvalue weighted by atomic mass is 15.0. The molecule has 1 aromatic rings. The van der Waals surface area contributed by atoms with Crippen molar-refractivity contribution in [3.63, 3.8) is 0 Å². The van der Waals surface area contributed by atoms with E-state index in [-0.39, 0.29) is 0 Å². The molecule has 74 valence electrons. The SMILES string of the molecule is CCc1ccc(NC2=[NH+]CCC2)cc1. The van der Waals surface area contributed by atoms with E-state index < -0.39 is 0 Å². The predicted octanol–water partition coefficient (Wildman–Crippen LogP) is 0.934. The molecule has 0 saturated heterocycles. The fourth-order valence-electron chi connectivity index (χ4n) is 1.70. The van der Waals surface area contributed by atoms with Crippen LogP contribution in [0.1, 0.15) is 25.3 Å². The van der Waals surface area contributed by atoms with Crippen LogP contribution in [0, 0.1) is 0 Å². The van der Waals surface area contributed by atoms with Crippen molar-refractivity contribution >= 4 is 11.5 Å². The van der Waals surface area contributed by atoms with Crippen molar-refractivity contribution in [3.05, 3.63) is 29.8 Å². The van der Waals surface area contributed by atoms with E-state index in [1.807, 2.05) is 0 Å². The highest BCUT2D eigenvalue weighted by Gasteiger charge is 2.12. The number of aryl methyl sites for hydroxylation is 1. The van der Waals surface area contributed by atoms with Crippen LogP contribution in [0.4, 0.5) is 5.69 Å². The molecule has 0 saturated carbocycles. The maximum absolute atomic E-state index is 3.40. The van der Waals surface area contributed by atoms with Crippen molar-refractivity contribution in [2.45, 2.75) is 26.2 Å². The lowest BCUT2D eigenvalue weighted by molar-refractivity contribution is -0.447. The van der Waals surface area contributed by atoms with Crippen LogP contribution >= 0.6 is 0 Å². The predicted molar refractivity (Wildman–Crippen MR) is 59.5 cm³/mol. The van der Waals surface area contributed by atoms with Gasteiger partial charge in [-0.05, 0) is 30.5 Å². The first-order chi connectivity index (χ1) is 6.88. The van der Waals surface area contributed by atoms with E-state index in [0.717, 1.165) is 19.4 Å². The summed E-state index contributed by atoms with van der Waals surface area (Å²) in [6.45, 7) is 3.28. The van der Waals surface area contributed by atoms with E-state index in [1.54, 1.807) is 0 Å². The standard InChI is InChI=1S/C12H16N2/c1-2-10-5-7-11(8-6-10)14-12-4-3-9-13-12/h5-8H,2-4,9H2,1H3,(H,13,14)/p+1. The average Bonchev–Trinajstić information content (AvgIpc) is 2.72. The Morgan fingerprint density at radius 2 is 2.07 bits per heavy atom. The lowest BCUT2D eigenvalue weighted by Crippen LogP contribution is -2.70. The van der Waals surface area contributed by atoms with E-state index in [9.17, 15) is 0 Å². The van der Waals surface area contributed by atoms with Gasteiger partial charge in [0, 0.05) is 0 Å². The molecule has 0 spiro atoms. The summed E-state index contributed by atoms with van der Waals surface area (Å²) in [5.41, 5.74) is 2.58. The minimum Gasteiger partial charge on any atom is -0.278 e. The Kier molecular flexibility index (Phi) is 2.82. The first-order valence-electron chi connectivity index (χ1n) is 5.34. The minimum absolute atomic E-state index is 1.11. The first kappa shape index (κ1) is 9.25. The first-order valence-corrected chi connectivity index (χ1v) is 5.34. The highest BCUT2D eigenvalue weighted by Crippen LogP contribution is 2.10. The number of anilines is 1. The molecule has 0 fully saturated rings. The molecule has 2 N–H and O–H groups in total. The summed E-state index contributed by atoms with van der Waals surface area (Å²) in [7, 11) is 0. The van der Waals surface area contributed by atoms with Gasteiger partial charge in [-0.25, -0.2) is 5.32 Å². The molecule has 0 unspecified atom stereocenters. The second-order valence-electron chi connectivity index (χ2n) is 3.68. The molecule has 2 heteroatoms. The van der Waals surface area contributed by atoms with Gasteiger partial charge < -0.3 is 0 Å². The zero-order chi connectivity index (χ0) is 9.80. The van der Waals surface area contributed by atoms with E-state index in [4.69, 9.17) is 0 Å². The summed E-state index contributed by atoms with van der Waals surface area (Å²) >= 11 is 0. The van der Waals surface area contributed by atoms with Gasteiger partial charge in [0.1, 0.15) is 5.69 Å². The number of benzene rings is 1. The monoisotopic (exact) mass is 189 g/mol. The van der Waals surface area contributed by atoms with Crippen molar-refractivity contribution in [2.75, 3.05) is 11.9 Å². The molecule has 0 bridgehead atoms. The van der Waals surface area contributed by atoms with Crippen LogP contribution in [-0.2, 0) is 6.42 Å². The molecule has 1 heterocycles. The number of hydrogen-bond acceptors (Lipinski definition) is 1. The lowest BCUT2D eigenvalue weighted by Gasteiger charge is -1.99. The zero-order valence-electron chi connectivity index (χ0n) is 8.64. The Bertz CT molecular complexity index is 325. The fraction of sp³-hybridized carbons (Fsp3) is 0.417. The van der Waals surface area contributed by atoms with Gasteiger partial charge in [0.25, 0.3) is 0 Å². The molecule has 2 nitrogen and oxygen atoms in total. The number of hydrogen-bond donors (Lipinski definition) is 2. The molecule has 0 aromatic heterocycles. The minimum atomic E-state index is 1.11. The Morgan fingerprint density at radius 3 is 2.64 bits per heavy atom. The highest BCUT2D eigenvalue weighted by molar-refractivity contribution is 5.91. The van der Waals surface area contributed by atoms with E-state index in [1.165, 1.54) is 23.5 Å². The normalized spacial score (nSPS) is 15.4. The molecule has 0 amide bonds. The van der Waals surface area contributed by atoms with Crippen molar-refractivity contribution in [2.24, 2.45) is 0 Å². The fourth-order valence-corrected chi connectivity index (χ4v) is 1.70. The smallest absolute Gasteiger partial charge is 0.247 e. The van der Waals surface area contributed by atoms with E-state index in [2.05, 4.69) is 41.5 Å². The molecule has 2 rings (SSSR count). The van der Waals surface area contributed by atoms with E-state index in [0.29, 0.717) is 0 Å². The molecule has 1 aliphatic rings. The van der Waals surface area contributed by atoms with Gasteiger partial charge >= 0.3 is 0 Å². The van der Waals surface area contributed by atoms with Crippen LogP contribution in [0.25, 0.3) is 0 Å². The van der Waals surface area contributed by atoms with Gasteiger partial charge in [0.15, 0.2) is 0 Å². The van der Waals surface area contributed by atoms with Crippen molar-refractivity contribution in [1.29, 1.82) is 0 Å². The van der Waals surface area contributed by atoms with Crippen LogP contribution in [0.15, 0.2) is 24.3 Å². The van der Waals surface area contributed by atoms with Gasteiger partial charge in [0.2, 0.25) is 5.84 Å². The number of nitrogens with one attached hydrogen (secondary N) is 2. The Balaban J connectivity index is 2.02. The lowest BCUT2D eigenvalue weighted by atomic mass is 10.1. The van der Waals surface area contributed by atoms with Gasteiger partial charge in [0.05, 0.1) is 13.0 Å². The van der Waals surface area contributed by atoms with Crippen LogP contribution in [0.2, 0.25) is 0 Å². The average molecular weight is 189 g/mol. The Morgan fingerprint density at radius 1 is 1.29 bits per heavy atom. The topological polar surface area (TPSA) is 26.0 Å². The van der Waals surface area contributed by atoms with Crippen LogP contribution < -0.4 is 10.3 Å². The summed E-state index contributed by atoms with van der Waals surface area (Å²) in [4.78, 5) is 3.34. The molecule has 0 aliphatic carbocycles. The van der Waals surface area contributed by atoms with Gasteiger partial charge in [-0.2, -0.15) is 0 Å². The van der Waals surface area contributed by atoms with Crippen LogP contribution in [0.3, 0.4) is 0 Å². The Labute approximate surface area is 85.1 Å². The summed E-state index contributed by atoms with van der Waals surface area (Å²) in [5, 5.41) is 3.40. The number of rotatable bonds is 2.